The Bertz CT molecular complexity index is 418. The SMILES string of the molecule is Cc1ccnn1-c1cccc(N)c1. The fraction of sp³-hybridized carbons (Fsp3) is 0.100. The fourth-order valence-electron chi connectivity index (χ4n) is 1.30. The van der Waals surface area contributed by atoms with Gasteiger partial charge in [0.15, 0.2) is 0 Å². The second-order valence-corrected chi connectivity index (χ2v) is 2.98. The molecule has 0 aliphatic heterocycles. The molecule has 2 aromatic rings. The van der Waals surface area contributed by atoms with Gasteiger partial charge in [0.25, 0.3) is 0 Å². The third kappa shape index (κ3) is 1.40. The van der Waals surface area contributed by atoms with E-state index >= 15 is 0 Å². The summed E-state index contributed by atoms with van der Waals surface area (Å²) >= 11 is 0. The molecule has 3 heteroatoms. The lowest BCUT2D eigenvalue weighted by Crippen LogP contribution is -1.98. The van der Waals surface area contributed by atoms with Crippen LogP contribution in [0, 0.1) is 6.92 Å². The molecule has 1 aromatic heterocycles. The lowest BCUT2D eigenvalue weighted by atomic mass is 10.3. The molecule has 0 radical (unpaired) electrons. The molecular formula is C10H11N3. The first-order valence-electron chi connectivity index (χ1n) is 4.14. The van der Waals surface area contributed by atoms with Crippen molar-refractivity contribution in [3.8, 4) is 5.69 Å². The fourth-order valence-corrected chi connectivity index (χ4v) is 1.30. The summed E-state index contributed by atoms with van der Waals surface area (Å²) in [6.45, 7) is 2.01. The van der Waals surface area contributed by atoms with Crippen molar-refractivity contribution < 1.29 is 0 Å². The van der Waals surface area contributed by atoms with E-state index in [2.05, 4.69) is 5.10 Å². The number of rotatable bonds is 1. The molecule has 0 saturated heterocycles. The van der Waals surface area contributed by atoms with Crippen molar-refractivity contribution in [1.82, 2.24) is 9.78 Å². The Morgan fingerprint density at radius 2 is 2.15 bits per heavy atom. The van der Waals surface area contributed by atoms with Gasteiger partial charge < -0.3 is 5.73 Å². The van der Waals surface area contributed by atoms with Crippen molar-refractivity contribution >= 4 is 5.69 Å². The third-order valence-electron chi connectivity index (χ3n) is 1.95. The van der Waals surface area contributed by atoms with Crippen LogP contribution in [0.1, 0.15) is 5.69 Å². The summed E-state index contributed by atoms with van der Waals surface area (Å²) in [6, 6.07) is 9.63. The average molecular weight is 173 g/mol. The van der Waals surface area contributed by atoms with Gasteiger partial charge in [-0.25, -0.2) is 4.68 Å². The van der Waals surface area contributed by atoms with E-state index in [4.69, 9.17) is 5.73 Å². The van der Waals surface area contributed by atoms with Crippen LogP contribution in [0.25, 0.3) is 5.69 Å². The van der Waals surface area contributed by atoms with Crippen LogP contribution in [-0.4, -0.2) is 9.78 Å². The molecule has 2 N–H and O–H groups in total. The molecule has 0 spiro atoms. The summed E-state index contributed by atoms with van der Waals surface area (Å²) in [5.74, 6) is 0. The molecule has 13 heavy (non-hydrogen) atoms. The zero-order valence-electron chi connectivity index (χ0n) is 7.44. The standard InChI is InChI=1S/C10H11N3/c1-8-5-6-12-13(8)10-4-2-3-9(11)7-10/h2-7H,11H2,1H3. The molecule has 0 amide bonds. The first kappa shape index (κ1) is 7.86. The molecule has 0 aliphatic rings. The molecular weight excluding hydrogens is 162 g/mol. The number of aromatic nitrogens is 2. The van der Waals surface area contributed by atoms with Crippen LogP contribution in [0.5, 0.6) is 0 Å². The zero-order chi connectivity index (χ0) is 9.26. The Balaban J connectivity index is 2.53. The molecule has 0 saturated carbocycles. The van der Waals surface area contributed by atoms with E-state index in [1.54, 1.807) is 6.20 Å². The van der Waals surface area contributed by atoms with Gasteiger partial charge in [-0.3, -0.25) is 0 Å². The second kappa shape index (κ2) is 2.94. The summed E-state index contributed by atoms with van der Waals surface area (Å²) in [6.07, 6.45) is 1.78. The third-order valence-corrected chi connectivity index (χ3v) is 1.95. The minimum atomic E-state index is 0.757. The maximum absolute atomic E-state index is 5.67. The number of nitrogens with two attached hydrogens (primary N) is 1. The molecule has 66 valence electrons. The summed E-state index contributed by atoms with van der Waals surface area (Å²) in [5, 5.41) is 4.19. The molecule has 0 atom stereocenters. The molecule has 0 unspecified atom stereocenters. The second-order valence-electron chi connectivity index (χ2n) is 2.98. The van der Waals surface area contributed by atoms with Crippen LogP contribution in [0.4, 0.5) is 5.69 Å². The minimum absolute atomic E-state index is 0.757. The molecule has 2 rings (SSSR count). The molecule has 0 bridgehead atoms. The van der Waals surface area contributed by atoms with Crippen molar-refractivity contribution in [1.29, 1.82) is 0 Å². The molecule has 1 aromatic carbocycles. The summed E-state index contributed by atoms with van der Waals surface area (Å²) in [4.78, 5) is 0. The minimum Gasteiger partial charge on any atom is -0.399 e. The van der Waals surface area contributed by atoms with Crippen molar-refractivity contribution in [2.45, 2.75) is 6.92 Å². The van der Waals surface area contributed by atoms with Crippen molar-refractivity contribution in [3.63, 3.8) is 0 Å². The normalized spacial score (nSPS) is 10.2. The van der Waals surface area contributed by atoms with E-state index < -0.39 is 0 Å². The predicted octanol–water partition coefficient (Wildman–Crippen LogP) is 1.76. The van der Waals surface area contributed by atoms with Gasteiger partial charge >= 0.3 is 0 Å². The highest BCUT2D eigenvalue weighted by Gasteiger charge is 1.99. The quantitative estimate of drug-likeness (QED) is 0.668. The number of nitrogen functional groups attached to an aromatic ring is 1. The lowest BCUT2D eigenvalue weighted by Gasteiger charge is -2.04. The van der Waals surface area contributed by atoms with E-state index in [-0.39, 0.29) is 0 Å². The van der Waals surface area contributed by atoms with Crippen LogP contribution in [0.2, 0.25) is 0 Å². The van der Waals surface area contributed by atoms with Crippen LogP contribution in [0.3, 0.4) is 0 Å². The number of nitrogens with zero attached hydrogens (tertiary/aromatic N) is 2. The van der Waals surface area contributed by atoms with E-state index in [1.165, 1.54) is 0 Å². The number of hydrogen-bond donors (Lipinski definition) is 1. The van der Waals surface area contributed by atoms with Gasteiger partial charge in [-0.15, -0.1) is 0 Å². The van der Waals surface area contributed by atoms with E-state index in [9.17, 15) is 0 Å². The Morgan fingerprint density at radius 1 is 1.31 bits per heavy atom. The summed E-state index contributed by atoms with van der Waals surface area (Å²) < 4.78 is 1.86. The van der Waals surface area contributed by atoms with Gasteiger partial charge in [0, 0.05) is 17.6 Å². The Morgan fingerprint density at radius 3 is 2.77 bits per heavy atom. The molecule has 0 aliphatic carbocycles. The van der Waals surface area contributed by atoms with Crippen molar-refractivity contribution in [2.24, 2.45) is 0 Å². The van der Waals surface area contributed by atoms with E-state index in [1.807, 2.05) is 41.9 Å². The lowest BCUT2D eigenvalue weighted by molar-refractivity contribution is 0.847. The number of aryl methyl sites for hydroxylation is 1. The van der Waals surface area contributed by atoms with Crippen LogP contribution in [-0.2, 0) is 0 Å². The first-order chi connectivity index (χ1) is 6.27. The predicted molar refractivity (Wildman–Crippen MR) is 52.7 cm³/mol. The summed E-state index contributed by atoms with van der Waals surface area (Å²) in [7, 11) is 0. The molecule has 0 fully saturated rings. The average Bonchev–Trinajstić information content (AvgIpc) is 2.51. The Labute approximate surface area is 76.8 Å². The number of benzene rings is 1. The van der Waals surface area contributed by atoms with Gasteiger partial charge in [-0.2, -0.15) is 5.10 Å². The van der Waals surface area contributed by atoms with Gasteiger partial charge in [0.1, 0.15) is 0 Å². The van der Waals surface area contributed by atoms with Gasteiger partial charge in [0.2, 0.25) is 0 Å². The Kier molecular flexibility index (Phi) is 1.77. The topological polar surface area (TPSA) is 43.8 Å². The first-order valence-corrected chi connectivity index (χ1v) is 4.14. The number of anilines is 1. The Hall–Kier alpha value is -1.77. The largest absolute Gasteiger partial charge is 0.399 e. The zero-order valence-corrected chi connectivity index (χ0v) is 7.44. The van der Waals surface area contributed by atoms with Crippen molar-refractivity contribution in [2.75, 3.05) is 5.73 Å². The van der Waals surface area contributed by atoms with Crippen molar-refractivity contribution in [3.05, 3.63) is 42.2 Å². The van der Waals surface area contributed by atoms with Gasteiger partial charge in [0.05, 0.1) is 5.69 Å². The van der Waals surface area contributed by atoms with Crippen LogP contribution < -0.4 is 5.73 Å². The van der Waals surface area contributed by atoms with E-state index in [0.29, 0.717) is 0 Å². The van der Waals surface area contributed by atoms with Crippen LogP contribution in [0.15, 0.2) is 36.5 Å². The highest BCUT2D eigenvalue weighted by molar-refractivity contribution is 5.47. The van der Waals surface area contributed by atoms with Gasteiger partial charge in [-0.1, -0.05) is 6.07 Å². The van der Waals surface area contributed by atoms with Gasteiger partial charge in [-0.05, 0) is 31.2 Å². The highest BCUT2D eigenvalue weighted by Crippen LogP contribution is 2.12. The monoisotopic (exact) mass is 173 g/mol. The maximum atomic E-state index is 5.67. The molecule has 1 heterocycles. The number of hydrogen-bond acceptors (Lipinski definition) is 2. The van der Waals surface area contributed by atoms with Crippen LogP contribution >= 0.6 is 0 Å². The maximum Gasteiger partial charge on any atom is 0.0669 e. The highest BCUT2D eigenvalue weighted by atomic mass is 15.3. The summed E-state index contributed by atoms with van der Waals surface area (Å²) in [5.41, 5.74) is 8.54. The smallest absolute Gasteiger partial charge is 0.0669 e. The molecule has 3 nitrogen and oxygen atoms in total. The van der Waals surface area contributed by atoms with E-state index in [0.717, 1.165) is 17.1 Å².